The fraction of sp³-hybridized carbons (Fsp3) is 0.462. The van der Waals surface area contributed by atoms with Crippen molar-refractivity contribution in [3.8, 4) is 0 Å². The highest BCUT2D eigenvalue weighted by Crippen LogP contribution is 2.33. The van der Waals surface area contributed by atoms with Crippen LogP contribution in [0.1, 0.15) is 36.5 Å². The zero-order valence-electron chi connectivity index (χ0n) is 10.7. The van der Waals surface area contributed by atoms with Crippen LogP contribution < -0.4 is 16.6 Å². The Bertz CT molecular complexity index is 466. The van der Waals surface area contributed by atoms with E-state index in [1.807, 2.05) is 12.3 Å². The highest BCUT2D eigenvalue weighted by molar-refractivity contribution is 5.94. The van der Waals surface area contributed by atoms with Crippen molar-refractivity contribution in [3.05, 3.63) is 29.3 Å². The molecule has 1 aromatic rings. The first-order valence-electron chi connectivity index (χ1n) is 6.27. The third kappa shape index (κ3) is 3.41. The van der Waals surface area contributed by atoms with E-state index >= 15 is 0 Å². The van der Waals surface area contributed by atoms with E-state index in [1.54, 1.807) is 0 Å². The first-order chi connectivity index (χ1) is 9.01. The molecule has 6 heteroatoms. The Morgan fingerprint density at radius 1 is 1.42 bits per heavy atom. The normalized spacial score (nSPS) is 16.0. The summed E-state index contributed by atoms with van der Waals surface area (Å²) < 4.78 is 26.9. The second-order valence-electron chi connectivity index (χ2n) is 5.01. The van der Waals surface area contributed by atoms with Crippen molar-refractivity contribution < 1.29 is 13.6 Å². The molecule has 104 valence electrons. The van der Waals surface area contributed by atoms with Gasteiger partial charge in [0.1, 0.15) is 5.69 Å². The summed E-state index contributed by atoms with van der Waals surface area (Å²) in [7, 11) is 0. The van der Waals surface area contributed by atoms with Crippen LogP contribution in [0.15, 0.2) is 12.1 Å². The van der Waals surface area contributed by atoms with Crippen molar-refractivity contribution in [2.45, 2.75) is 32.2 Å². The van der Waals surface area contributed by atoms with Gasteiger partial charge in [-0.05, 0) is 31.4 Å². The maximum Gasteiger partial charge on any atom is 0.251 e. The maximum atomic E-state index is 13.5. The van der Waals surface area contributed by atoms with Gasteiger partial charge in [-0.2, -0.15) is 0 Å². The van der Waals surface area contributed by atoms with Crippen molar-refractivity contribution in [2.24, 2.45) is 11.8 Å². The zero-order chi connectivity index (χ0) is 14.0. The summed E-state index contributed by atoms with van der Waals surface area (Å²) >= 11 is 0. The topological polar surface area (TPSA) is 67.2 Å². The van der Waals surface area contributed by atoms with Crippen LogP contribution in [-0.2, 0) is 0 Å². The molecule has 0 spiro atoms. The summed E-state index contributed by atoms with van der Waals surface area (Å²) in [5, 5.41) is 2.74. The monoisotopic (exact) mass is 269 g/mol. The predicted octanol–water partition coefficient (Wildman–Crippen LogP) is 2.17. The maximum absolute atomic E-state index is 13.5. The Hall–Kier alpha value is -1.69. The summed E-state index contributed by atoms with van der Waals surface area (Å²) in [6.45, 7) is 1.89. The number of hydrogen-bond donors (Lipinski definition) is 3. The molecule has 0 saturated heterocycles. The Morgan fingerprint density at radius 2 is 2.00 bits per heavy atom. The largest absolute Gasteiger partial charge is 0.350 e. The lowest BCUT2D eigenvalue weighted by Gasteiger charge is -2.14. The molecule has 0 aliphatic heterocycles. The molecule has 1 amide bonds. The number of carbonyl (C=O) groups is 1. The lowest BCUT2D eigenvalue weighted by atomic mass is 10.1. The summed E-state index contributed by atoms with van der Waals surface area (Å²) in [5.74, 6) is 3.41. The van der Waals surface area contributed by atoms with Crippen molar-refractivity contribution in [1.82, 2.24) is 5.32 Å². The average Bonchev–Trinajstić information content (AvgIpc) is 3.12. The highest BCUT2D eigenvalue weighted by atomic mass is 19.1. The number of nitrogen functional groups attached to an aromatic ring is 1. The molecule has 19 heavy (non-hydrogen) atoms. The molecular formula is C13H17F2N3O. The Labute approximate surface area is 110 Å². The molecule has 4 nitrogen and oxygen atoms in total. The fourth-order valence-corrected chi connectivity index (χ4v) is 2.06. The van der Waals surface area contributed by atoms with E-state index in [1.165, 1.54) is 12.8 Å². The standard InChI is InChI=1S/C13H17F2N3O/c1-7(4-8-2-3-8)17-13(19)9-5-10(14)12(18-16)11(15)6-9/h5-8,18H,2-4,16H2,1H3,(H,17,19). The third-order valence-electron chi connectivity index (χ3n) is 3.21. The first kappa shape index (κ1) is 13.7. The van der Waals surface area contributed by atoms with Crippen molar-refractivity contribution in [1.29, 1.82) is 0 Å². The van der Waals surface area contributed by atoms with Gasteiger partial charge in [0.2, 0.25) is 0 Å². The number of nitrogens with one attached hydrogen (secondary N) is 2. The minimum Gasteiger partial charge on any atom is -0.350 e. The van der Waals surface area contributed by atoms with Crippen LogP contribution in [0.5, 0.6) is 0 Å². The molecule has 2 rings (SSSR count). The number of nitrogens with two attached hydrogens (primary N) is 1. The summed E-state index contributed by atoms with van der Waals surface area (Å²) in [4.78, 5) is 11.9. The van der Waals surface area contributed by atoms with E-state index in [0.717, 1.165) is 18.6 Å². The molecule has 1 aliphatic carbocycles. The van der Waals surface area contributed by atoms with Crippen LogP contribution in [-0.4, -0.2) is 11.9 Å². The van der Waals surface area contributed by atoms with Gasteiger partial charge in [-0.15, -0.1) is 0 Å². The SMILES string of the molecule is CC(CC1CC1)NC(=O)c1cc(F)c(NN)c(F)c1. The van der Waals surface area contributed by atoms with Crippen LogP contribution in [0.4, 0.5) is 14.5 Å². The average molecular weight is 269 g/mol. The van der Waals surface area contributed by atoms with Gasteiger partial charge in [-0.3, -0.25) is 10.6 Å². The van der Waals surface area contributed by atoms with Crippen LogP contribution >= 0.6 is 0 Å². The molecule has 0 aromatic heterocycles. The van der Waals surface area contributed by atoms with Crippen molar-refractivity contribution in [2.75, 3.05) is 5.43 Å². The minimum absolute atomic E-state index is 0.00145. The predicted molar refractivity (Wildman–Crippen MR) is 68.4 cm³/mol. The highest BCUT2D eigenvalue weighted by Gasteiger charge is 2.24. The molecule has 1 saturated carbocycles. The van der Waals surface area contributed by atoms with E-state index in [-0.39, 0.29) is 11.6 Å². The Kier molecular flexibility index (Phi) is 3.99. The molecule has 0 heterocycles. The summed E-state index contributed by atoms with van der Waals surface area (Å²) in [6.07, 6.45) is 3.29. The van der Waals surface area contributed by atoms with Gasteiger partial charge in [0.25, 0.3) is 5.91 Å². The van der Waals surface area contributed by atoms with E-state index < -0.39 is 23.2 Å². The van der Waals surface area contributed by atoms with Gasteiger partial charge >= 0.3 is 0 Å². The second kappa shape index (κ2) is 5.52. The quantitative estimate of drug-likeness (QED) is 0.567. The van der Waals surface area contributed by atoms with E-state index in [9.17, 15) is 13.6 Å². The number of anilines is 1. The zero-order valence-corrected chi connectivity index (χ0v) is 10.7. The van der Waals surface area contributed by atoms with Crippen molar-refractivity contribution in [3.63, 3.8) is 0 Å². The van der Waals surface area contributed by atoms with Gasteiger partial charge in [-0.25, -0.2) is 8.78 Å². The number of rotatable bonds is 5. The number of hydrogen-bond acceptors (Lipinski definition) is 3. The molecule has 1 aromatic carbocycles. The molecule has 1 unspecified atom stereocenters. The minimum atomic E-state index is -0.887. The number of carbonyl (C=O) groups excluding carboxylic acids is 1. The lowest BCUT2D eigenvalue weighted by molar-refractivity contribution is 0.0936. The number of benzene rings is 1. The molecule has 0 radical (unpaired) electrons. The van der Waals surface area contributed by atoms with E-state index in [2.05, 4.69) is 5.32 Å². The Balaban J connectivity index is 2.05. The number of halogens is 2. The third-order valence-corrected chi connectivity index (χ3v) is 3.21. The van der Waals surface area contributed by atoms with Crippen LogP contribution in [0, 0.1) is 17.6 Å². The van der Waals surface area contributed by atoms with Gasteiger partial charge in [0.05, 0.1) is 0 Å². The van der Waals surface area contributed by atoms with Gasteiger partial charge in [0.15, 0.2) is 11.6 Å². The molecule has 1 aliphatic rings. The second-order valence-corrected chi connectivity index (χ2v) is 5.01. The smallest absolute Gasteiger partial charge is 0.251 e. The van der Waals surface area contributed by atoms with Crippen molar-refractivity contribution >= 4 is 11.6 Å². The van der Waals surface area contributed by atoms with Crippen LogP contribution in [0.25, 0.3) is 0 Å². The molecular weight excluding hydrogens is 252 g/mol. The Morgan fingerprint density at radius 3 is 2.47 bits per heavy atom. The van der Waals surface area contributed by atoms with Gasteiger partial charge in [-0.1, -0.05) is 12.8 Å². The van der Waals surface area contributed by atoms with Gasteiger partial charge in [0, 0.05) is 11.6 Å². The molecule has 1 fully saturated rings. The summed E-state index contributed by atoms with van der Waals surface area (Å²) in [5.41, 5.74) is 1.44. The van der Waals surface area contributed by atoms with E-state index in [4.69, 9.17) is 5.84 Å². The lowest BCUT2D eigenvalue weighted by Crippen LogP contribution is -2.33. The molecule has 0 bridgehead atoms. The molecule has 1 atom stereocenters. The van der Waals surface area contributed by atoms with Crippen LogP contribution in [0.2, 0.25) is 0 Å². The number of hydrazine groups is 1. The van der Waals surface area contributed by atoms with Crippen LogP contribution in [0.3, 0.4) is 0 Å². The van der Waals surface area contributed by atoms with E-state index in [0.29, 0.717) is 5.92 Å². The summed E-state index contributed by atoms with van der Waals surface area (Å²) in [6, 6.07) is 1.94. The number of amides is 1. The first-order valence-corrected chi connectivity index (χ1v) is 6.27. The fourth-order valence-electron chi connectivity index (χ4n) is 2.06. The van der Waals surface area contributed by atoms with Gasteiger partial charge < -0.3 is 10.7 Å². The molecule has 4 N–H and O–H groups in total.